The summed E-state index contributed by atoms with van der Waals surface area (Å²) >= 11 is 0. The lowest BCUT2D eigenvalue weighted by Gasteiger charge is -2.32. The van der Waals surface area contributed by atoms with Crippen LogP contribution in [0.25, 0.3) is 0 Å². The molecule has 1 aliphatic heterocycles. The maximum Gasteiger partial charge on any atom is 0.0252 e. The molecule has 2 nitrogen and oxygen atoms in total. The highest BCUT2D eigenvalue weighted by atomic mass is 15.2. The Bertz CT molecular complexity index is 183. The van der Waals surface area contributed by atoms with Crippen molar-refractivity contribution in [1.82, 2.24) is 4.90 Å². The molecule has 1 heterocycles. The summed E-state index contributed by atoms with van der Waals surface area (Å²) in [4.78, 5) is 2.61. The van der Waals surface area contributed by atoms with E-state index in [9.17, 15) is 0 Å². The van der Waals surface area contributed by atoms with Crippen molar-refractivity contribution in [3.63, 3.8) is 0 Å². The largest absolute Gasteiger partial charge is 0.326 e. The van der Waals surface area contributed by atoms with Crippen LogP contribution < -0.4 is 5.73 Å². The topological polar surface area (TPSA) is 29.3 Å². The maximum atomic E-state index is 6.29. The zero-order chi connectivity index (χ0) is 9.47. The van der Waals surface area contributed by atoms with E-state index in [1.165, 1.54) is 38.8 Å². The molecular weight excluding hydrogens is 160 g/mol. The van der Waals surface area contributed by atoms with Crippen LogP contribution in [-0.2, 0) is 0 Å². The number of nitrogens with zero attached hydrogens (tertiary/aromatic N) is 1. The summed E-state index contributed by atoms with van der Waals surface area (Å²) in [6, 6.07) is 1.07. The molecule has 2 N–H and O–H groups in total. The molecule has 0 aromatic rings. The Balaban J connectivity index is 2.01. The molecule has 1 saturated heterocycles. The molecule has 2 rings (SSSR count). The third kappa shape index (κ3) is 1.62. The monoisotopic (exact) mass is 182 g/mol. The summed E-state index contributed by atoms with van der Waals surface area (Å²) in [7, 11) is 0. The molecule has 2 heteroatoms. The lowest BCUT2D eigenvalue weighted by atomic mass is 9.87. The van der Waals surface area contributed by atoms with Crippen molar-refractivity contribution in [1.29, 1.82) is 0 Å². The zero-order valence-electron chi connectivity index (χ0n) is 8.92. The SMILES string of the molecule is CC1(C)CCC(N2CCCC2)C1N. The third-order valence-electron chi connectivity index (χ3n) is 4.01. The Morgan fingerprint density at radius 2 is 1.85 bits per heavy atom. The van der Waals surface area contributed by atoms with Gasteiger partial charge >= 0.3 is 0 Å². The molecule has 0 aromatic heterocycles. The molecule has 0 aromatic carbocycles. The van der Waals surface area contributed by atoms with E-state index in [0.29, 0.717) is 17.5 Å². The van der Waals surface area contributed by atoms with E-state index in [4.69, 9.17) is 5.73 Å². The van der Waals surface area contributed by atoms with Gasteiger partial charge in [0.15, 0.2) is 0 Å². The van der Waals surface area contributed by atoms with Gasteiger partial charge in [-0.05, 0) is 44.2 Å². The van der Waals surface area contributed by atoms with E-state index in [1.54, 1.807) is 0 Å². The lowest BCUT2D eigenvalue weighted by Crippen LogP contribution is -2.48. The second-order valence-corrected chi connectivity index (χ2v) is 5.36. The molecule has 0 amide bonds. The van der Waals surface area contributed by atoms with E-state index in [-0.39, 0.29) is 0 Å². The predicted octanol–water partition coefficient (Wildman–Crippen LogP) is 1.60. The molecular formula is C11H22N2. The van der Waals surface area contributed by atoms with Gasteiger partial charge in [0.05, 0.1) is 0 Å². The van der Waals surface area contributed by atoms with Gasteiger partial charge in [0.2, 0.25) is 0 Å². The van der Waals surface area contributed by atoms with Gasteiger partial charge in [0, 0.05) is 12.1 Å². The average Bonchev–Trinajstić information content (AvgIpc) is 2.63. The van der Waals surface area contributed by atoms with Crippen molar-refractivity contribution in [3.8, 4) is 0 Å². The quantitative estimate of drug-likeness (QED) is 0.667. The number of nitrogens with two attached hydrogens (primary N) is 1. The first kappa shape index (κ1) is 9.47. The molecule has 2 atom stereocenters. The number of rotatable bonds is 1. The van der Waals surface area contributed by atoms with Crippen LogP contribution in [-0.4, -0.2) is 30.1 Å². The Kier molecular flexibility index (Phi) is 2.37. The number of likely N-dealkylation sites (tertiary alicyclic amines) is 1. The molecule has 2 unspecified atom stereocenters. The van der Waals surface area contributed by atoms with Crippen LogP contribution in [0.15, 0.2) is 0 Å². The van der Waals surface area contributed by atoms with Crippen LogP contribution in [0.4, 0.5) is 0 Å². The molecule has 76 valence electrons. The van der Waals surface area contributed by atoms with Gasteiger partial charge in [-0.3, -0.25) is 4.90 Å². The van der Waals surface area contributed by atoms with Crippen LogP contribution in [0.3, 0.4) is 0 Å². The van der Waals surface area contributed by atoms with Crippen LogP contribution in [0.1, 0.15) is 39.5 Å². The molecule has 1 aliphatic carbocycles. The minimum absolute atomic E-state index is 0.368. The Morgan fingerprint density at radius 1 is 1.23 bits per heavy atom. The van der Waals surface area contributed by atoms with E-state index in [0.717, 1.165) is 0 Å². The van der Waals surface area contributed by atoms with Crippen LogP contribution in [0, 0.1) is 5.41 Å². The minimum Gasteiger partial charge on any atom is -0.326 e. The summed E-state index contributed by atoms with van der Waals surface area (Å²) < 4.78 is 0. The summed E-state index contributed by atoms with van der Waals surface area (Å²) in [6.45, 7) is 7.20. The molecule has 0 spiro atoms. The van der Waals surface area contributed by atoms with Crippen LogP contribution >= 0.6 is 0 Å². The Labute approximate surface area is 81.5 Å². The van der Waals surface area contributed by atoms with E-state index < -0.39 is 0 Å². The van der Waals surface area contributed by atoms with Crippen molar-refractivity contribution in [2.45, 2.75) is 51.6 Å². The number of hydrogen-bond donors (Lipinski definition) is 1. The predicted molar refractivity (Wildman–Crippen MR) is 55.6 cm³/mol. The number of hydrogen-bond acceptors (Lipinski definition) is 2. The van der Waals surface area contributed by atoms with E-state index >= 15 is 0 Å². The zero-order valence-corrected chi connectivity index (χ0v) is 8.92. The summed E-state index contributed by atoms with van der Waals surface area (Å²) in [6.07, 6.45) is 5.37. The fourth-order valence-electron chi connectivity index (χ4n) is 2.87. The fourth-order valence-corrected chi connectivity index (χ4v) is 2.87. The maximum absolute atomic E-state index is 6.29. The van der Waals surface area contributed by atoms with Gasteiger partial charge in [-0.25, -0.2) is 0 Å². The van der Waals surface area contributed by atoms with Crippen molar-refractivity contribution in [2.75, 3.05) is 13.1 Å². The van der Waals surface area contributed by atoms with E-state index in [2.05, 4.69) is 18.7 Å². The first-order chi connectivity index (χ1) is 6.11. The summed E-state index contributed by atoms with van der Waals surface area (Å²) in [5, 5.41) is 0. The second kappa shape index (κ2) is 3.25. The fraction of sp³-hybridized carbons (Fsp3) is 1.00. The first-order valence-corrected chi connectivity index (χ1v) is 5.61. The first-order valence-electron chi connectivity index (χ1n) is 5.61. The standard InChI is InChI=1S/C11H22N2/c1-11(2)6-5-9(10(11)12)13-7-3-4-8-13/h9-10H,3-8,12H2,1-2H3. The highest BCUT2D eigenvalue weighted by molar-refractivity contribution is 4.99. The lowest BCUT2D eigenvalue weighted by molar-refractivity contribution is 0.198. The van der Waals surface area contributed by atoms with Crippen molar-refractivity contribution < 1.29 is 0 Å². The van der Waals surface area contributed by atoms with Gasteiger partial charge < -0.3 is 5.73 Å². The van der Waals surface area contributed by atoms with Crippen LogP contribution in [0.2, 0.25) is 0 Å². The minimum atomic E-state index is 0.368. The average molecular weight is 182 g/mol. The molecule has 0 radical (unpaired) electrons. The molecule has 13 heavy (non-hydrogen) atoms. The van der Waals surface area contributed by atoms with Gasteiger partial charge in [0.25, 0.3) is 0 Å². The van der Waals surface area contributed by atoms with Crippen molar-refractivity contribution >= 4 is 0 Å². The normalized spacial score (nSPS) is 39.9. The highest BCUT2D eigenvalue weighted by Gasteiger charge is 2.42. The van der Waals surface area contributed by atoms with Crippen molar-refractivity contribution in [3.05, 3.63) is 0 Å². The van der Waals surface area contributed by atoms with Gasteiger partial charge in [-0.15, -0.1) is 0 Å². The molecule has 1 saturated carbocycles. The van der Waals surface area contributed by atoms with Gasteiger partial charge in [-0.1, -0.05) is 13.8 Å². The van der Waals surface area contributed by atoms with Gasteiger partial charge in [0.1, 0.15) is 0 Å². The van der Waals surface area contributed by atoms with E-state index in [1.807, 2.05) is 0 Å². The highest BCUT2D eigenvalue weighted by Crippen LogP contribution is 2.39. The summed E-state index contributed by atoms with van der Waals surface area (Å²) in [5.74, 6) is 0. The van der Waals surface area contributed by atoms with Crippen molar-refractivity contribution in [2.24, 2.45) is 11.1 Å². The molecule has 2 aliphatic rings. The molecule has 2 fully saturated rings. The third-order valence-corrected chi connectivity index (χ3v) is 4.01. The Hall–Kier alpha value is -0.0800. The second-order valence-electron chi connectivity index (χ2n) is 5.36. The smallest absolute Gasteiger partial charge is 0.0252 e. The summed E-state index contributed by atoms with van der Waals surface area (Å²) in [5.41, 5.74) is 6.66. The molecule has 0 bridgehead atoms. The van der Waals surface area contributed by atoms with Gasteiger partial charge in [-0.2, -0.15) is 0 Å². The Morgan fingerprint density at radius 3 is 2.31 bits per heavy atom. The van der Waals surface area contributed by atoms with Crippen LogP contribution in [0.5, 0.6) is 0 Å².